The minimum absolute atomic E-state index is 0.139. The van der Waals surface area contributed by atoms with Crippen molar-refractivity contribution >= 4 is 5.69 Å². The molecule has 5 heteroatoms. The summed E-state index contributed by atoms with van der Waals surface area (Å²) in [6, 6.07) is 5.45. The summed E-state index contributed by atoms with van der Waals surface area (Å²) in [5.41, 5.74) is 7.31. The summed E-state index contributed by atoms with van der Waals surface area (Å²) >= 11 is 0. The second-order valence-electron chi connectivity index (χ2n) is 5.11. The van der Waals surface area contributed by atoms with Crippen molar-refractivity contribution in [3.63, 3.8) is 0 Å². The quantitative estimate of drug-likeness (QED) is 0.574. The number of hydrogen-bond acceptors (Lipinski definition) is 5. The fraction of sp³-hybridized carbons (Fsp3) is 0.625. The van der Waals surface area contributed by atoms with Crippen LogP contribution in [0.15, 0.2) is 18.2 Å². The summed E-state index contributed by atoms with van der Waals surface area (Å²) in [7, 11) is 0. The summed E-state index contributed by atoms with van der Waals surface area (Å²) in [6.07, 6.45) is 0.990. The Balaban J connectivity index is 2.57. The number of anilines is 1. The van der Waals surface area contributed by atoms with Crippen molar-refractivity contribution in [1.29, 1.82) is 0 Å². The van der Waals surface area contributed by atoms with Crippen LogP contribution in [0.5, 0.6) is 5.75 Å². The maximum Gasteiger partial charge on any atom is 0.142 e. The Hall–Kier alpha value is -1.30. The highest BCUT2D eigenvalue weighted by atomic mass is 16.5. The van der Waals surface area contributed by atoms with Crippen LogP contribution in [0.4, 0.5) is 5.69 Å². The lowest BCUT2D eigenvalue weighted by molar-refractivity contribution is 0.133. The van der Waals surface area contributed by atoms with Crippen molar-refractivity contribution < 1.29 is 14.9 Å². The van der Waals surface area contributed by atoms with Crippen molar-refractivity contribution in [2.75, 3.05) is 38.6 Å². The van der Waals surface area contributed by atoms with Gasteiger partial charge in [-0.3, -0.25) is 0 Å². The van der Waals surface area contributed by atoms with Gasteiger partial charge in [0.25, 0.3) is 0 Å². The third-order valence-corrected chi connectivity index (χ3v) is 3.46. The maximum absolute atomic E-state index is 10.2. The number of rotatable bonds is 10. The zero-order valence-electron chi connectivity index (χ0n) is 13.1. The first kappa shape index (κ1) is 17.8. The molecule has 1 aromatic rings. The summed E-state index contributed by atoms with van der Waals surface area (Å²) < 4.78 is 5.53. The summed E-state index contributed by atoms with van der Waals surface area (Å²) in [5.74, 6) is 0.670. The number of hydrogen-bond donors (Lipinski definition) is 3. The first-order chi connectivity index (χ1) is 10.1. The van der Waals surface area contributed by atoms with E-state index >= 15 is 0 Å². The smallest absolute Gasteiger partial charge is 0.142 e. The molecule has 0 aliphatic rings. The molecule has 0 amide bonds. The molecule has 0 heterocycles. The average molecular weight is 296 g/mol. The van der Waals surface area contributed by atoms with Crippen LogP contribution in [-0.4, -0.2) is 48.0 Å². The maximum atomic E-state index is 10.2. The lowest BCUT2D eigenvalue weighted by Gasteiger charge is -2.21. The Bertz CT molecular complexity index is 413. The van der Waals surface area contributed by atoms with Gasteiger partial charge in [-0.2, -0.15) is 0 Å². The fourth-order valence-corrected chi connectivity index (χ4v) is 2.16. The highest BCUT2D eigenvalue weighted by molar-refractivity contribution is 5.54. The van der Waals surface area contributed by atoms with Gasteiger partial charge in [0, 0.05) is 13.1 Å². The van der Waals surface area contributed by atoms with Gasteiger partial charge in [0.1, 0.15) is 5.75 Å². The van der Waals surface area contributed by atoms with Gasteiger partial charge >= 0.3 is 0 Å². The van der Waals surface area contributed by atoms with Gasteiger partial charge in [-0.1, -0.05) is 19.9 Å². The Labute approximate surface area is 127 Å². The molecule has 21 heavy (non-hydrogen) atoms. The van der Waals surface area contributed by atoms with Crippen molar-refractivity contribution in [2.24, 2.45) is 0 Å². The lowest BCUT2D eigenvalue weighted by Crippen LogP contribution is -2.28. The van der Waals surface area contributed by atoms with E-state index in [4.69, 9.17) is 15.6 Å². The molecule has 0 fully saturated rings. The molecule has 0 aliphatic carbocycles. The van der Waals surface area contributed by atoms with Gasteiger partial charge in [0.05, 0.1) is 25.0 Å². The Morgan fingerprint density at radius 3 is 2.62 bits per heavy atom. The molecule has 0 saturated heterocycles. The van der Waals surface area contributed by atoms with Crippen molar-refractivity contribution in [3.8, 4) is 5.75 Å². The SMILES string of the molecule is CCCOc1ccc(C(O)CCN(CC)CCO)cc1N. The standard InChI is InChI=1S/C16H28N2O3/c1-3-11-21-16-6-5-13(12-14(16)17)15(20)7-8-18(4-2)9-10-19/h5-6,12,15,19-20H,3-4,7-11,17H2,1-2H3. The number of likely N-dealkylation sites (N-methyl/N-ethyl adjacent to an activating group) is 1. The van der Waals surface area contributed by atoms with Gasteiger partial charge in [0.15, 0.2) is 0 Å². The number of nitrogen functional groups attached to an aromatic ring is 1. The third-order valence-electron chi connectivity index (χ3n) is 3.46. The molecule has 0 aliphatic heterocycles. The van der Waals surface area contributed by atoms with Crippen LogP contribution in [-0.2, 0) is 0 Å². The number of ether oxygens (including phenoxy) is 1. The Morgan fingerprint density at radius 2 is 2.05 bits per heavy atom. The number of nitrogens with two attached hydrogens (primary N) is 1. The summed E-state index contributed by atoms with van der Waals surface area (Å²) in [5, 5.41) is 19.2. The van der Waals surface area contributed by atoms with Crippen LogP contribution in [0.3, 0.4) is 0 Å². The van der Waals surface area contributed by atoms with Gasteiger partial charge in [-0.05, 0) is 37.1 Å². The molecule has 1 unspecified atom stereocenters. The second kappa shape index (κ2) is 9.60. The zero-order chi connectivity index (χ0) is 15.7. The van der Waals surface area contributed by atoms with E-state index < -0.39 is 6.10 Å². The Kier molecular flexibility index (Phi) is 8.12. The Morgan fingerprint density at radius 1 is 1.29 bits per heavy atom. The van der Waals surface area contributed by atoms with Gasteiger partial charge < -0.3 is 25.6 Å². The molecule has 4 N–H and O–H groups in total. The van der Waals surface area contributed by atoms with Gasteiger partial charge in [-0.15, -0.1) is 0 Å². The van der Waals surface area contributed by atoms with Crippen LogP contribution < -0.4 is 10.5 Å². The van der Waals surface area contributed by atoms with Crippen LogP contribution in [0.2, 0.25) is 0 Å². The molecular formula is C16H28N2O3. The molecule has 0 spiro atoms. The molecule has 1 atom stereocenters. The highest BCUT2D eigenvalue weighted by Crippen LogP contribution is 2.27. The molecule has 1 rings (SSSR count). The molecule has 1 aromatic carbocycles. The van der Waals surface area contributed by atoms with Crippen LogP contribution >= 0.6 is 0 Å². The van der Waals surface area contributed by atoms with Crippen LogP contribution in [0.25, 0.3) is 0 Å². The van der Waals surface area contributed by atoms with Gasteiger partial charge in [-0.25, -0.2) is 0 Å². The number of nitrogens with zero attached hydrogens (tertiary/aromatic N) is 1. The van der Waals surface area contributed by atoms with Gasteiger partial charge in [0.2, 0.25) is 0 Å². The monoisotopic (exact) mass is 296 g/mol. The minimum Gasteiger partial charge on any atom is -0.491 e. The van der Waals surface area contributed by atoms with E-state index in [9.17, 15) is 5.11 Å². The lowest BCUT2D eigenvalue weighted by atomic mass is 10.1. The van der Waals surface area contributed by atoms with Crippen LogP contribution in [0.1, 0.15) is 38.4 Å². The molecule has 0 radical (unpaired) electrons. The number of benzene rings is 1. The summed E-state index contributed by atoms with van der Waals surface area (Å²) in [6.45, 7) is 7.10. The van der Waals surface area contributed by atoms with E-state index in [0.717, 1.165) is 25.1 Å². The molecule has 120 valence electrons. The number of aliphatic hydroxyl groups excluding tert-OH is 2. The second-order valence-corrected chi connectivity index (χ2v) is 5.11. The molecule has 0 bridgehead atoms. The van der Waals surface area contributed by atoms with Crippen LogP contribution in [0, 0.1) is 0 Å². The van der Waals surface area contributed by atoms with E-state index in [-0.39, 0.29) is 6.61 Å². The first-order valence-corrected chi connectivity index (χ1v) is 7.65. The van der Waals surface area contributed by atoms with E-state index in [2.05, 4.69) is 4.90 Å². The average Bonchev–Trinajstić information content (AvgIpc) is 2.49. The van der Waals surface area contributed by atoms with Crippen molar-refractivity contribution in [1.82, 2.24) is 4.90 Å². The molecular weight excluding hydrogens is 268 g/mol. The topological polar surface area (TPSA) is 79.0 Å². The zero-order valence-corrected chi connectivity index (χ0v) is 13.1. The molecule has 0 saturated carbocycles. The first-order valence-electron chi connectivity index (χ1n) is 7.65. The predicted octanol–water partition coefficient (Wildman–Crippen LogP) is 1.80. The van der Waals surface area contributed by atoms with Crippen molar-refractivity contribution in [3.05, 3.63) is 23.8 Å². The van der Waals surface area contributed by atoms with E-state index in [1.165, 1.54) is 0 Å². The normalized spacial score (nSPS) is 12.6. The predicted molar refractivity (Wildman–Crippen MR) is 85.4 cm³/mol. The van der Waals surface area contributed by atoms with E-state index in [0.29, 0.717) is 31.0 Å². The summed E-state index contributed by atoms with van der Waals surface area (Å²) in [4.78, 5) is 2.10. The molecule has 0 aromatic heterocycles. The van der Waals surface area contributed by atoms with E-state index in [1.807, 2.05) is 26.0 Å². The highest BCUT2D eigenvalue weighted by Gasteiger charge is 2.12. The fourth-order valence-electron chi connectivity index (χ4n) is 2.16. The van der Waals surface area contributed by atoms with E-state index in [1.54, 1.807) is 6.07 Å². The largest absolute Gasteiger partial charge is 0.491 e. The minimum atomic E-state index is -0.555. The molecule has 5 nitrogen and oxygen atoms in total. The van der Waals surface area contributed by atoms with Crippen molar-refractivity contribution in [2.45, 2.75) is 32.8 Å². The third kappa shape index (κ3) is 5.91. The number of aliphatic hydroxyl groups is 2.